The Balaban J connectivity index is 2.55. The van der Waals surface area contributed by atoms with Crippen molar-refractivity contribution in [1.29, 1.82) is 0 Å². The number of carbonyl (C=O) groups is 2. The monoisotopic (exact) mass is 443 g/mol. The minimum Gasteiger partial charge on any atom is -0.453 e. The summed E-state index contributed by atoms with van der Waals surface area (Å²) in [5.74, 6) is 0.222. The maximum Gasteiger partial charge on any atom is 0.411 e. The van der Waals surface area contributed by atoms with Crippen molar-refractivity contribution in [2.75, 3.05) is 27.2 Å². The van der Waals surface area contributed by atoms with E-state index in [9.17, 15) is 9.59 Å². The first kappa shape index (κ1) is 26.0. The number of methoxy groups -OCH3 is 1. The van der Waals surface area contributed by atoms with E-state index in [1.54, 1.807) is 33.9 Å². The van der Waals surface area contributed by atoms with Crippen molar-refractivity contribution in [2.45, 2.75) is 57.6 Å². The molecule has 7 nitrogen and oxygen atoms in total. The molecule has 1 aliphatic rings. The Hall–Kier alpha value is -2.03. The number of rotatable bonds is 7. The summed E-state index contributed by atoms with van der Waals surface area (Å²) in [5.41, 5.74) is -1.82. The first-order valence-corrected chi connectivity index (χ1v) is 10.7. The quantitative estimate of drug-likeness (QED) is 0.355. The third-order valence-corrected chi connectivity index (χ3v) is 6.10. The molecule has 170 valence electrons. The second-order valence-electron chi connectivity index (χ2n) is 8.41. The summed E-state index contributed by atoms with van der Waals surface area (Å²) in [7, 11) is 2.85. The van der Waals surface area contributed by atoms with Crippen molar-refractivity contribution < 1.29 is 23.5 Å². The topological polar surface area (TPSA) is 80.2 Å². The summed E-state index contributed by atoms with van der Waals surface area (Å²) < 4.78 is 25.1. The van der Waals surface area contributed by atoms with E-state index in [0.717, 1.165) is 6.42 Å². The number of allylic oxidation sites excluding steroid dienone is 2. The largest absolute Gasteiger partial charge is 0.453 e. The van der Waals surface area contributed by atoms with Crippen molar-refractivity contribution in [3.63, 3.8) is 0 Å². The van der Waals surface area contributed by atoms with Gasteiger partial charge in [-0.2, -0.15) is 0 Å². The summed E-state index contributed by atoms with van der Waals surface area (Å²) in [6.45, 7) is 13.0. The van der Waals surface area contributed by atoms with E-state index in [1.165, 1.54) is 23.8 Å². The van der Waals surface area contributed by atoms with E-state index in [0.29, 0.717) is 10.7 Å². The van der Waals surface area contributed by atoms with E-state index >= 15 is 4.39 Å². The molecule has 0 aromatic heterocycles. The van der Waals surface area contributed by atoms with E-state index in [-0.39, 0.29) is 24.3 Å². The highest BCUT2D eigenvalue weighted by Gasteiger charge is 2.51. The number of likely N-dealkylation sites (tertiary alicyclic amines) is 1. The summed E-state index contributed by atoms with van der Waals surface area (Å²) >= 11 is 1.39. The number of hydrogen-bond acceptors (Lipinski definition) is 6. The van der Waals surface area contributed by atoms with Gasteiger partial charge in [0.2, 0.25) is 0 Å². The molecule has 2 atom stereocenters. The number of ether oxygens (including phenoxy) is 2. The molecule has 1 heterocycles. The first-order valence-electron chi connectivity index (χ1n) is 9.82. The van der Waals surface area contributed by atoms with Gasteiger partial charge in [-0.15, -0.1) is 11.8 Å². The number of alkyl carbamates (subject to hydrolysis) is 1. The van der Waals surface area contributed by atoms with E-state index in [4.69, 9.17) is 4.74 Å². The molecule has 0 radical (unpaired) electrons. The van der Waals surface area contributed by atoms with Crippen LogP contribution in [0.4, 0.5) is 14.0 Å². The highest BCUT2D eigenvalue weighted by atomic mass is 32.2. The van der Waals surface area contributed by atoms with Crippen LogP contribution in [0.15, 0.2) is 29.4 Å². The summed E-state index contributed by atoms with van der Waals surface area (Å²) in [4.78, 5) is 28.7. The normalized spacial score (nSPS) is 18.4. The van der Waals surface area contributed by atoms with Crippen LogP contribution in [0, 0.1) is 5.92 Å². The van der Waals surface area contributed by atoms with Crippen molar-refractivity contribution in [3.8, 4) is 0 Å². The predicted octanol–water partition coefficient (Wildman–Crippen LogP) is 4.55. The summed E-state index contributed by atoms with van der Waals surface area (Å²) in [6, 6.07) is 0. The molecule has 1 fully saturated rings. The van der Waals surface area contributed by atoms with Gasteiger partial charge in [0, 0.05) is 18.0 Å². The Kier molecular flexibility index (Phi) is 9.39. The molecule has 0 aliphatic carbocycles. The maximum absolute atomic E-state index is 15.3. The second kappa shape index (κ2) is 10.8. The van der Waals surface area contributed by atoms with E-state index in [1.807, 2.05) is 13.0 Å². The number of alkyl halides is 1. The van der Waals surface area contributed by atoms with Gasteiger partial charge < -0.3 is 14.4 Å². The number of hydrogen-bond donors (Lipinski definition) is 1. The Morgan fingerprint density at radius 3 is 2.47 bits per heavy atom. The lowest BCUT2D eigenvalue weighted by Gasteiger charge is -2.45. The molecule has 0 spiro atoms. The SMILES string of the molecule is C=C(/C=C\C[C@H](C)C(C)S/C(=N\C)C1(F)CN(C(=O)OC(C)(C)C)C1)NC(=O)OC. The number of carbonyl (C=O) groups excluding carboxylic acids is 2. The predicted molar refractivity (Wildman–Crippen MR) is 120 cm³/mol. The number of nitrogens with one attached hydrogen (secondary N) is 1. The fourth-order valence-corrected chi connectivity index (χ4v) is 3.78. The molecule has 30 heavy (non-hydrogen) atoms. The van der Waals surface area contributed by atoms with Crippen LogP contribution in [0.3, 0.4) is 0 Å². The smallest absolute Gasteiger partial charge is 0.411 e. The minimum atomic E-state index is -1.64. The molecule has 1 saturated heterocycles. The van der Waals surface area contributed by atoms with Crippen LogP contribution in [0.5, 0.6) is 0 Å². The number of amides is 2. The minimum absolute atomic E-state index is 0.0540. The molecule has 0 saturated carbocycles. The van der Waals surface area contributed by atoms with Crippen LogP contribution in [0.1, 0.15) is 41.0 Å². The average molecular weight is 444 g/mol. The Morgan fingerprint density at radius 1 is 1.37 bits per heavy atom. The summed E-state index contributed by atoms with van der Waals surface area (Å²) in [5, 5.41) is 2.96. The van der Waals surface area contributed by atoms with Crippen LogP contribution >= 0.6 is 11.8 Å². The molecule has 0 aromatic rings. The van der Waals surface area contributed by atoms with E-state index in [2.05, 4.69) is 28.5 Å². The second-order valence-corrected chi connectivity index (χ2v) is 9.78. The van der Waals surface area contributed by atoms with Crippen molar-refractivity contribution in [1.82, 2.24) is 10.2 Å². The van der Waals surface area contributed by atoms with Crippen LogP contribution in [-0.4, -0.2) is 65.9 Å². The number of aliphatic imine (C=N–C) groups is 1. The zero-order valence-corrected chi connectivity index (χ0v) is 19.8. The highest BCUT2D eigenvalue weighted by Crippen LogP contribution is 2.36. The molecule has 1 aliphatic heterocycles. The van der Waals surface area contributed by atoms with Crippen molar-refractivity contribution >= 4 is 29.0 Å². The lowest BCUT2D eigenvalue weighted by molar-refractivity contribution is -0.0227. The van der Waals surface area contributed by atoms with E-state index < -0.39 is 23.5 Å². The molecule has 1 N–H and O–H groups in total. The zero-order chi connectivity index (χ0) is 23.1. The highest BCUT2D eigenvalue weighted by molar-refractivity contribution is 8.14. The van der Waals surface area contributed by atoms with Gasteiger partial charge in [0.1, 0.15) is 10.6 Å². The van der Waals surface area contributed by atoms with Crippen molar-refractivity contribution in [3.05, 3.63) is 24.4 Å². The number of halogens is 1. The fraction of sp³-hybridized carbons (Fsp3) is 0.667. The lowest BCUT2D eigenvalue weighted by Crippen LogP contribution is -2.65. The van der Waals surface area contributed by atoms with Gasteiger partial charge in [0.25, 0.3) is 0 Å². The van der Waals surface area contributed by atoms with Crippen LogP contribution < -0.4 is 5.32 Å². The summed E-state index contributed by atoms with van der Waals surface area (Å²) in [6.07, 6.45) is 3.25. The Bertz CT molecular complexity index is 697. The Labute approximate surface area is 183 Å². The molecule has 0 aromatic carbocycles. The average Bonchev–Trinajstić information content (AvgIpc) is 2.61. The lowest BCUT2D eigenvalue weighted by atomic mass is 9.98. The molecule has 1 unspecified atom stereocenters. The molecular formula is C21H34FN3O4S. The third-order valence-electron chi connectivity index (χ3n) is 4.49. The van der Waals surface area contributed by atoms with Crippen LogP contribution in [0.25, 0.3) is 0 Å². The zero-order valence-electron chi connectivity index (χ0n) is 19.0. The first-order chi connectivity index (χ1) is 13.8. The van der Waals surface area contributed by atoms with Gasteiger partial charge in [0.05, 0.1) is 20.2 Å². The standard InChI is InChI=1S/C21H34FN3O4S/c1-14(10-9-11-15(2)24-18(26)28-8)16(3)30-17(23-7)21(22)12-25(13-21)19(27)29-20(4,5)6/h9,11,14,16H,2,10,12-13H2,1,3-8H3,(H,24,26)/b11-9-,23-17-/t14-,16?/m0/s1. The van der Waals surface area contributed by atoms with Gasteiger partial charge in [-0.25, -0.2) is 14.0 Å². The molecule has 2 amide bonds. The number of thioether (sulfide) groups is 1. The van der Waals surface area contributed by atoms with Crippen LogP contribution in [-0.2, 0) is 9.47 Å². The molecule has 1 rings (SSSR count). The van der Waals surface area contributed by atoms with Gasteiger partial charge >= 0.3 is 12.2 Å². The van der Waals surface area contributed by atoms with Gasteiger partial charge in [0.15, 0.2) is 5.67 Å². The van der Waals surface area contributed by atoms with Crippen LogP contribution in [0.2, 0.25) is 0 Å². The Morgan fingerprint density at radius 2 is 1.97 bits per heavy atom. The third kappa shape index (κ3) is 8.01. The maximum atomic E-state index is 15.3. The van der Waals surface area contributed by atoms with Crippen molar-refractivity contribution in [2.24, 2.45) is 10.9 Å². The fourth-order valence-electron chi connectivity index (χ4n) is 2.64. The van der Waals surface area contributed by atoms with Gasteiger partial charge in [-0.1, -0.05) is 26.5 Å². The van der Waals surface area contributed by atoms with Gasteiger partial charge in [-0.3, -0.25) is 10.3 Å². The molecule has 9 heteroatoms. The molecule has 0 bridgehead atoms. The van der Waals surface area contributed by atoms with Gasteiger partial charge in [-0.05, 0) is 39.2 Å². The molecular weight excluding hydrogens is 409 g/mol. The number of nitrogens with zero attached hydrogens (tertiary/aromatic N) is 2.